The van der Waals surface area contributed by atoms with Crippen molar-refractivity contribution in [3.05, 3.63) is 31.0 Å². The smallest absolute Gasteiger partial charge is 0.294 e. The first-order valence-corrected chi connectivity index (χ1v) is 3.03. The molecule has 0 N–H and O–H groups in total. The van der Waals surface area contributed by atoms with Crippen LogP contribution in [0.2, 0.25) is 0 Å². The molecule has 0 saturated heterocycles. The lowest BCUT2D eigenvalue weighted by Gasteiger charge is -2.07. The Balaban J connectivity index is 4.08. The highest BCUT2D eigenvalue weighted by Crippen LogP contribution is 1.95. The summed E-state index contributed by atoms with van der Waals surface area (Å²) in [5, 5.41) is 14.9. The fourth-order valence-corrected chi connectivity index (χ4v) is 0.501. The SMILES string of the molecule is [N-]=[N+]=NCC(CN=[N+]=[N-])O[N+](=O)[O-]. The average molecular weight is 187 g/mol. The fourth-order valence-electron chi connectivity index (χ4n) is 0.501. The third kappa shape index (κ3) is 6.23. The van der Waals surface area contributed by atoms with Crippen molar-refractivity contribution in [2.45, 2.75) is 6.10 Å². The molecule has 13 heavy (non-hydrogen) atoms. The summed E-state index contributed by atoms with van der Waals surface area (Å²) in [6, 6.07) is 0. The predicted molar refractivity (Wildman–Crippen MR) is 39.9 cm³/mol. The predicted octanol–water partition coefficient (Wildman–Crippen LogP) is 1.18. The van der Waals surface area contributed by atoms with Gasteiger partial charge >= 0.3 is 0 Å². The lowest BCUT2D eigenvalue weighted by molar-refractivity contribution is -0.767. The molecular formula is C3H5N7O3. The van der Waals surface area contributed by atoms with Gasteiger partial charge in [0, 0.05) is 9.82 Å². The lowest BCUT2D eigenvalue weighted by atomic mass is 10.4. The summed E-state index contributed by atoms with van der Waals surface area (Å²) in [5.74, 6) is 0. The van der Waals surface area contributed by atoms with Crippen molar-refractivity contribution in [1.29, 1.82) is 0 Å². The molecule has 0 aromatic carbocycles. The summed E-state index contributed by atoms with van der Waals surface area (Å²) < 4.78 is 0. The highest BCUT2D eigenvalue weighted by molar-refractivity contribution is 4.63. The van der Waals surface area contributed by atoms with Crippen LogP contribution in [0.4, 0.5) is 0 Å². The summed E-state index contributed by atoms with van der Waals surface area (Å²) in [6.07, 6.45) is -1.03. The maximum absolute atomic E-state index is 9.85. The van der Waals surface area contributed by atoms with Crippen molar-refractivity contribution in [2.24, 2.45) is 10.2 Å². The van der Waals surface area contributed by atoms with Crippen molar-refractivity contribution < 1.29 is 9.92 Å². The Morgan fingerprint density at radius 2 is 1.85 bits per heavy atom. The highest BCUT2D eigenvalue weighted by Gasteiger charge is 2.10. The lowest BCUT2D eigenvalue weighted by Crippen LogP contribution is -2.23. The summed E-state index contributed by atoms with van der Waals surface area (Å²) in [5.41, 5.74) is 15.8. The molecule has 0 aliphatic heterocycles. The molecule has 0 aliphatic rings. The van der Waals surface area contributed by atoms with Gasteiger partial charge in [-0.05, 0) is 11.1 Å². The average Bonchev–Trinajstić information content (AvgIpc) is 2.09. The van der Waals surface area contributed by atoms with Crippen molar-refractivity contribution in [2.75, 3.05) is 13.1 Å². The van der Waals surface area contributed by atoms with E-state index in [2.05, 4.69) is 24.9 Å². The standard InChI is InChI=1S/C3H5N7O3/c4-8-6-1-3(2-7-9-5)13-10(11)12/h3H,1-2H2. The van der Waals surface area contributed by atoms with E-state index >= 15 is 0 Å². The van der Waals surface area contributed by atoms with Crippen molar-refractivity contribution in [1.82, 2.24) is 0 Å². The van der Waals surface area contributed by atoms with Crippen LogP contribution in [-0.4, -0.2) is 24.3 Å². The number of azide groups is 2. The molecule has 0 radical (unpaired) electrons. The van der Waals surface area contributed by atoms with Gasteiger partial charge in [0.05, 0.1) is 13.1 Å². The number of nitrogens with zero attached hydrogens (tertiary/aromatic N) is 7. The van der Waals surface area contributed by atoms with Crippen LogP contribution in [0.5, 0.6) is 0 Å². The normalized spacial score (nSPS) is 10.5. The first kappa shape index (κ1) is 10.8. The molecule has 0 amide bonds. The molecule has 0 rings (SSSR count). The molecule has 10 heteroatoms. The molecular weight excluding hydrogens is 182 g/mol. The third-order valence-corrected chi connectivity index (χ3v) is 0.932. The molecule has 0 unspecified atom stereocenters. The van der Waals surface area contributed by atoms with E-state index in [1.165, 1.54) is 0 Å². The van der Waals surface area contributed by atoms with Crippen LogP contribution in [-0.2, 0) is 4.84 Å². The fraction of sp³-hybridized carbons (Fsp3) is 1.00. The van der Waals surface area contributed by atoms with Gasteiger partial charge in [0.15, 0.2) is 0 Å². The van der Waals surface area contributed by atoms with Gasteiger partial charge < -0.3 is 4.84 Å². The molecule has 0 bridgehead atoms. The Morgan fingerprint density at radius 3 is 2.15 bits per heavy atom. The van der Waals surface area contributed by atoms with E-state index in [4.69, 9.17) is 11.1 Å². The number of hydrogen-bond donors (Lipinski definition) is 0. The van der Waals surface area contributed by atoms with E-state index in [1.54, 1.807) is 0 Å². The minimum Gasteiger partial charge on any atom is -0.310 e. The monoisotopic (exact) mass is 187 g/mol. The van der Waals surface area contributed by atoms with Crippen LogP contribution in [0.25, 0.3) is 20.9 Å². The Bertz CT molecular complexity index is 239. The molecule has 0 aromatic rings. The number of hydrogen-bond acceptors (Lipinski definition) is 5. The largest absolute Gasteiger partial charge is 0.310 e. The third-order valence-electron chi connectivity index (χ3n) is 0.932. The van der Waals surface area contributed by atoms with Gasteiger partial charge in [0.1, 0.15) is 6.10 Å². The maximum atomic E-state index is 9.85. The second-order valence-corrected chi connectivity index (χ2v) is 1.78. The van der Waals surface area contributed by atoms with Crippen LogP contribution >= 0.6 is 0 Å². The molecule has 10 nitrogen and oxygen atoms in total. The van der Waals surface area contributed by atoms with E-state index in [0.717, 1.165) is 0 Å². The highest BCUT2D eigenvalue weighted by atomic mass is 17.0. The molecule has 0 aromatic heterocycles. The van der Waals surface area contributed by atoms with E-state index in [1.807, 2.05) is 0 Å². The van der Waals surface area contributed by atoms with Gasteiger partial charge in [-0.1, -0.05) is 10.2 Å². The minimum absolute atomic E-state index is 0.253. The summed E-state index contributed by atoms with van der Waals surface area (Å²) in [6.45, 7) is -0.507. The molecule has 70 valence electrons. The Labute approximate surface area is 71.5 Å². The second kappa shape index (κ2) is 6.53. The van der Waals surface area contributed by atoms with E-state index < -0.39 is 11.2 Å². The van der Waals surface area contributed by atoms with Gasteiger partial charge in [0.2, 0.25) is 0 Å². The number of rotatable bonds is 6. The van der Waals surface area contributed by atoms with Crippen LogP contribution in [0.1, 0.15) is 0 Å². The zero-order chi connectivity index (χ0) is 10.1. The van der Waals surface area contributed by atoms with E-state index in [0.29, 0.717) is 0 Å². The first-order chi connectivity index (χ1) is 6.20. The summed E-state index contributed by atoms with van der Waals surface area (Å²) >= 11 is 0. The molecule has 0 aliphatic carbocycles. The van der Waals surface area contributed by atoms with Crippen molar-refractivity contribution >= 4 is 0 Å². The Kier molecular flexibility index (Phi) is 5.43. The molecule has 0 saturated carbocycles. The molecule has 0 heterocycles. The zero-order valence-electron chi connectivity index (χ0n) is 6.35. The molecule has 0 atom stereocenters. The maximum Gasteiger partial charge on any atom is 0.294 e. The molecule has 0 fully saturated rings. The van der Waals surface area contributed by atoms with Gasteiger partial charge in [-0.2, -0.15) is 0 Å². The Hall–Kier alpha value is -2.18. The summed E-state index contributed by atoms with van der Waals surface area (Å²) in [7, 11) is 0. The summed E-state index contributed by atoms with van der Waals surface area (Å²) in [4.78, 5) is 18.7. The molecule has 0 spiro atoms. The zero-order valence-corrected chi connectivity index (χ0v) is 6.35. The van der Waals surface area contributed by atoms with Gasteiger partial charge in [-0.3, -0.25) is 0 Å². The van der Waals surface area contributed by atoms with Gasteiger partial charge in [0.25, 0.3) is 5.09 Å². The topological polar surface area (TPSA) is 150 Å². The minimum atomic E-state index is -1.04. The first-order valence-electron chi connectivity index (χ1n) is 3.03. The van der Waals surface area contributed by atoms with Crippen molar-refractivity contribution in [3.8, 4) is 0 Å². The van der Waals surface area contributed by atoms with Crippen LogP contribution in [0.3, 0.4) is 0 Å². The van der Waals surface area contributed by atoms with Crippen LogP contribution in [0.15, 0.2) is 10.2 Å². The van der Waals surface area contributed by atoms with Gasteiger partial charge in [-0.25, -0.2) is 0 Å². The van der Waals surface area contributed by atoms with E-state index in [9.17, 15) is 10.1 Å². The van der Waals surface area contributed by atoms with Gasteiger partial charge in [-0.15, -0.1) is 10.1 Å². The second-order valence-electron chi connectivity index (χ2n) is 1.78. The van der Waals surface area contributed by atoms with E-state index in [-0.39, 0.29) is 13.1 Å². The quantitative estimate of drug-likeness (QED) is 0.202. The Morgan fingerprint density at radius 1 is 1.38 bits per heavy atom. The van der Waals surface area contributed by atoms with Crippen LogP contribution in [0, 0.1) is 10.1 Å². The van der Waals surface area contributed by atoms with Crippen molar-refractivity contribution in [3.63, 3.8) is 0 Å². The van der Waals surface area contributed by atoms with Crippen LogP contribution < -0.4 is 0 Å².